The molecule has 10 atom stereocenters. The predicted octanol–water partition coefficient (Wildman–Crippen LogP) is 4.42. The first-order chi connectivity index (χ1) is 27.5. The van der Waals surface area contributed by atoms with E-state index < -0.39 is 113 Å². The van der Waals surface area contributed by atoms with Crippen molar-refractivity contribution in [2.75, 3.05) is 0 Å². The van der Waals surface area contributed by atoms with Crippen LogP contribution in [0.5, 0.6) is 0 Å². The van der Waals surface area contributed by atoms with E-state index in [1.807, 2.05) is 0 Å². The molecule has 0 amide bonds. The minimum Gasteiger partial charge on any atom is -0.459 e. The molecule has 0 saturated heterocycles. The third-order valence-corrected chi connectivity index (χ3v) is 10.3. The Balaban J connectivity index is 2.13. The maximum absolute atomic E-state index is 13.9. The lowest BCUT2D eigenvalue weighted by Crippen LogP contribution is -2.60. The van der Waals surface area contributed by atoms with Crippen LogP contribution in [-0.2, 0) is 57.1 Å². The summed E-state index contributed by atoms with van der Waals surface area (Å²) < 4.78 is 41.7. The summed E-state index contributed by atoms with van der Waals surface area (Å²) in [6.45, 7) is 15.8. The number of pyridine rings is 1. The average Bonchev–Trinajstić information content (AvgIpc) is 3.36. The van der Waals surface area contributed by atoms with Gasteiger partial charge < -0.3 is 38.3 Å². The van der Waals surface area contributed by atoms with Gasteiger partial charge in [0.2, 0.25) is 0 Å². The maximum Gasteiger partial charge on any atom is 0.340 e. The molecule has 0 unspecified atom stereocenters. The molecule has 0 aliphatic heterocycles. The van der Waals surface area contributed by atoms with Crippen molar-refractivity contribution in [1.82, 2.24) is 4.98 Å². The Kier molecular flexibility index (Phi) is 14.2. The first-order valence-corrected chi connectivity index (χ1v) is 18.9. The molecule has 1 N–H and O–H groups in total. The van der Waals surface area contributed by atoms with E-state index in [-0.39, 0.29) is 16.7 Å². The van der Waals surface area contributed by atoms with E-state index in [1.54, 1.807) is 51.1 Å². The van der Waals surface area contributed by atoms with Crippen molar-refractivity contribution in [3.63, 3.8) is 0 Å². The number of benzene rings is 1. The van der Waals surface area contributed by atoms with Crippen LogP contribution < -0.4 is 0 Å². The summed E-state index contributed by atoms with van der Waals surface area (Å²) in [6, 6.07) is 10.7. The lowest BCUT2D eigenvalue weighted by atomic mass is 9.71. The van der Waals surface area contributed by atoms with Crippen molar-refractivity contribution in [2.24, 2.45) is 17.3 Å². The maximum atomic E-state index is 13.9. The van der Waals surface area contributed by atoms with Crippen molar-refractivity contribution in [3.05, 3.63) is 90.3 Å². The summed E-state index contributed by atoms with van der Waals surface area (Å²) in [4.78, 5) is 96.6. The molecule has 2 aliphatic rings. The van der Waals surface area contributed by atoms with Gasteiger partial charge in [-0.3, -0.25) is 29.0 Å². The fourth-order valence-electron chi connectivity index (χ4n) is 7.99. The topological polar surface area (TPSA) is 217 Å². The van der Waals surface area contributed by atoms with Crippen molar-refractivity contribution >= 4 is 41.8 Å². The van der Waals surface area contributed by atoms with E-state index in [4.69, 9.17) is 33.2 Å². The largest absolute Gasteiger partial charge is 0.459 e. The quantitative estimate of drug-likeness (QED) is 0.210. The molecule has 0 spiro atoms. The van der Waals surface area contributed by atoms with Crippen LogP contribution in [0.15, 0.2) is 79.2 Å². The van der Waals surface area contributed by atoms with Crippen LogP contribution in [-0.4, -0.2) is 99.7 Å². The van der Waals surface area contributed by atoms with Gasteiger partial charge in [-0.05, 0) is 31.2 Å². The minimum absolute atomic E-state index is 0.0211. The number of carbonyl (C=O) groups excluding carboxylic acids is 7. The Labute approximate surface area is 342 Å². The van der Waals surface area contributed by atoms with Crippen molar-refractivity contribution < 1.29 is 71.8 Å². The highest BCUT2D eigenvalue weighted by molar-refractivity contribution is 5.90. The first-order valence-electron chi connectivity index (χ1n) is 18.9. The average molecular weight is 822 g/mol. The molecule has 1 heterocycles. The van der Waals surface area contributed by atoms with Crippen molar-refractivity contribution in [3.8, 4) is 0 Å². The summed E-state index contributed by atoms with van der Waals surface area (Å²) >= 11 is 0. The van der Waals surface area contributed by atoms with Gasteiger partial charge >= 0.3 is 41.8 Å². The molecule has 318 valence electrons. The molecule has 0 radical (unpaired) electrons. The number of fused-ring (bicyclic) bond motifs is 1. The molecule has 4 rings (SSSR count). The predicted molar refractivity (Wildman–Crippen MR) is 206 cm³/mol. The zero-order valence-corrected chi connectivity index (χ0v) is 34.5. The van der Waals surface area contributed by atoms with Crippen LogP contribution in [0.2, 0.25) is 0 Å². The summed E-state index contributed by atoms with van der Waals surface area (Å²) in [6.07, 6.45) is -4.99. The Bertz CT molecular complexity index is 1960. The van der Waals surface area contributed by atoms with Gasteiger partial charge in [0.1, 0.15) is 23.4 Å². The smallest absolute Gasteiger partial charge is 0.340 e. The Morgan fingerprint density at radius 1 is 0.678 bits per heavy atom. The highest BCUT2D eigenvalue weighted by Gasteiger charge is 2.70. The number of carbonyl (C=O) groups is 7. The third kappa shape index (κ3) is 10.6. The van der Waals surface area contributed by atoms with E-state index in [9.17, 15) is 38.7 Å². The molecule has 1 aromatic heterocycles. The van der Waals surface area contributed by atoms with Gasteiger partial charge in [0, 0.05) is 70.3 Å². The molecule has 16 nitrogen and oxygen atoms in total. The zero-order valence-electron chi connectivity index (χ0n) is 34.5. The first kappa shape index (κ1) is 45.8. The summed E-state index contributed by atoms with van der Waals surface area (Å²) in [7, 11) is 0. The second-order valence-electron chi connectivity index (χ2n) is 15.6. The van der Waals surface area contributed by atoms with Gasteiger partial charge in [-0.1, -0.05) is 57.7 Å². The zero-order chi connectivity index (χ0) is 44.0. The minimum atomic E-state index is -2.42. The van der Waals surface area contributed by atoms with E-state index in [0.29, 0.717) is 0 Å². The number of ether oxygens (including phenoxy) is 7. The van der Waals surface area contributed by atoms with Gasteiger partial charge in [0.15, 0.2) is 24.4 Å². The molecular formula is C43H51NO15. The fourth-order valence-corrected chi connectivity index (χ4v) is 7.99. The standard InChI is InChI=1S/C43H51NO15/c1-23-18-19-41(8,9)38(58-40(51)31-17-14-20-44-21-31)35(55-27(5)47)34(54-26(4)46)24(2)33(53-25(3)45)32-37(57-39(50)30-15-12-11-13-16-30)42(10,59-29(7)49)22-43(32,52)36(23)56-28(6)48/h11-21,23,32-38,52H,2,22H2,1,3-10H3/b19-18+/t23-,32-,33-,34-,35-,36-,37+,38+,42+,43+/m0/s1. The molecule has 0 bridgehead atoms. The Morgan fingerprint density at radius 2 is 1.22 bits per heavy atom. The number of aromatic nitrogens is 1. The van der Waals surface area contributed by atoms with Crippen LogP contribution in [0.3, 0.4) is 0 Å². The van der Waals surface area contributed by atoms with Crippen LogP contribution in [0.4, 0.5) is 0 Å². The third-order valence-electron chi connectivity index (χ3n) is 10.3. The van der Waals surface area contributed by atoms with Crippen LogP contribution in [0.25, 0.3) is 0 Å². The highest BCUT2D eigenvalue weighted by atomic mass is 16.6. The molecule has 1 aromatic carbocycles. The van der Waals surface area contributed by atoms with Gasteiger partial charge in [-0.15, -0.1) is 0 Å². The fraction of sp³-hybridized carbons (Fsp3) is 0.488. The van der Waals surface area contributed by atoms with Gasteiger partial charge in [-0.25, -0.2) is 9.59 Å². The van der Waals surface area contributed by atoms with Crippen molar-refractivity contribution in [1.29, 1.82) is 0 Å². The Hall–Kier alpha value is -5.90. The van der Waals surface area contributed by atoms with Gasteiger partial charge in [0.05, 0.1) is 17.0 Å². The highest BCUT2D eigenvalue weighted by Crippen LogP contribution is 2.54. The van der Waals surface area contributed by atoms with Crippen LogP contribution in [0, 0.1) is 17.3 Å². The molecule has 2 aliphatic carbocycles. The second-order valence-corrected chi connectivity index (χ2v) is 15.6. The molecular weight excluding hydrogens is 770 g/mol. The lowest BCUT2D eigenvalue weighted by molar-refractivity contribution is -0.195. The van der Waals surface area contributed by atoms with Gasteiger partial charge in [0.25, 0.3) is 0 Å². The van der Waals surface area contributed by atoms with Crippen LogP contribution in [0.1, 0.15) is 89.5 Å². The number of hydrogen-bond acceptors (Lipinski definition) is 16. The summed E-state index contributed by atoms with van der Waals surface area (Å²) in [5.74, 6) is -9.04. The SMILES string of the molecule is C=C1[C@H](OC(C)=O)[C@H](OC(C)=O)[C@@H](OC(=O)c2cccnc2)C(C)(C)/C=C/[C@H](C)[C@H](OC(C)=O)[C@@]2(O)C[C@@](C)(OC(C)=O)[C@H](OC(=O)c3ccccc3)[C@@H]2[C@H]1OC(C)=O. The number of nitrogens with zero attached hydrogens (tertiary/aromatic N) is 1. The normalized spacial score (nSPS) is 30.7. The lowest BCUT2D eigenvalue weighted by Gasteiger charge is -2.46. The molecule has 1 fully saturated rings. The molecule has 59 heavy (non-hydrogen) atoms. The molecule has 2 aromatic rings. The second kappa shape index (κ2) is 18.4. The van der Waals surface area contributed by atoms with Crippen LogP contribution >= 0.6 is 0 Å². The number of aliphatic hydroxyl groups is 1. The van der Waals surface area contributed by atoms with Gasteiger partial charge in [-0.2, -0.15) is 0 Å². The van der Waals surface area contributed by atoms with E-state index in [0.717, 1.165) is 34.6 Å². The number of hydrogen-bond donors (Lipinski definition) is 1. The summed E-state index contributed by atoms with van der Waals surface area (Å²) in [5, 5.41) is 13.3. The summed E-state index contributed by atoms with van der Waals surface area (Å²) in [5.41, 5.74) is -5.96. The number of esters is 7. The number of rotatable bonds is 9. The van der Waals surface area contributed by atoms with E-state index in [1.165, 1.54) is 43.6 Å². The van der Waals surface area contributed by atoms with Crippen molar-refractivity contribution in [2.45, 2.75) is 117 Å². The Morgan fingerprint density at radius 3 is 1.76 bits per heavy atom. The van der Waals surface area contributed by atoms with E-state index in [2.05, 4.69) is 11.6 Å². The molecule has 16 heteroatoms. The monoisotopic (exact) mass is 821 g/mol. The molecule has 1 saturated carbocycles. The van der Waals surface area contributed by atoms with E-state index >= 15 is 0 Å².